The maximum absolute atomic E-state index is 5.50. The Hall–Kier alpha value is 0.440. The van der Waals surface area contributed by atoms with E-state index in [0.717, 1.165) is 19.3 Å². The molecule has 1 rings (SSSR count). The van der Waals surface area contributed by atoms with Crippen molar-refractivity contribution in [2.75, 3.05) is 13.7 Å². The van der Waals surface area contributed by atoms with Crippen LogP contribution in [0.5, 0.6) is 5.75 Å². The molecule has 4 heteroatoms. The van der Waals surface area contributed by atoms with Gasteiger partial charge in [-0.05, 0) is 75.8 Å². The van der Waals surface area contributed by atoms with Crippen molar-refractivity contribution in [3.05, 3.63) is 24.8 Å². The SMILES string of the molecule is COc1c(I)cc(CCN)cc1I. The molecule has 0 amide bonds. The molecular formula is C9H11I2NO. The average Bonchev–Trinajstić information content (AvgIpc) is 2.04. The zero-order chi connectivity index (χ0) is 9.84. The number of ether oxygens (including phenoxy) is 1. The van der Waals surface area contributed by atoms with Crippen molar-refractivity contribution in [2.24, 2.45) is 5.73 Å². The Morgan fingerprint density at radius 2 is 1.85 bits per heavy atom. The van der Waals surface area contributed by atoms with E-state index in [1.165, 1.54) is 5.56 Å². The van der Waals surface area contributed by atoms with Gasteiger partial charge in [0.05, 0.1) is 14.3 Å². The topological polar surface area (TPSA) is 35.2 Å². The molecule has 0 spiro atoms. The second-order valence-electron chi connectivity index (χ2n) is 2.63. The molecule has 1 aromatic rings. The van der Waals surface area contributed by atoms with E-state index in [1.54, 1.807) is 7.11 Å². The minimum atomic E-state index is 0.693. The molecule has 0 atom stereocenters. The molecule has 0 bridgehead atoms. The van der Waals surface area contributed by atoms with Gasteiger partial charge in [0.25, 0.3) is 0 Å². The molecule has 2 nitrogen and oxygen atoms in total. The third-order valence-electron chi connectivity index (χ3n) is 1.70. The van der Waals surface area contributed by atoms with Crippen LogP contribution in [0.25, 0.3) is 0 Å². The van der Waals surface area contributed by atoms with E-state index in [4.69, 9.17) is 10.5 Å². The molecule has 0 unspecified atom stereocenters. The van der Waals surface area contributed by atoms with Crippen LogP contribution < -0.4 is 10.5 Å². The first-order valence-corrected chi connectivity index (χ1v) is 6.06. The van der Waals surface area contributed by atoms with Gasteiger partial charge in [-0.25, -0.2) is 0 Å². The number of hydrogen-bond acceptors (Lipinski definition) is 2. The third-order valence-corrected chi connectivity index (χ3v) is 3.30. The maximum Gasteiger partial charge on any atom is 0.145 e. The van der Waals surface area contributed by atoms with Crippen LogP contribution in [0.15, 0.2) is 12.1 Å². The number of methoxy groups -OCH3 is 1. The molecule has 0 radical (unpaired) electrons. The van der Waals surface area contributed by atoms with Gasteiger partial charge >= 0.3 is 0 Å². The van der Waals surface area contributed by atoms with E-state index >= 15 is 0 Å². The third kappa shape index (κ3) is 2.95. The summed E-state index contributed by atoms with van der Waals surface area (Å²) in [5.41, 5.74) is 6.77. The lowest BCUT2D eigenvalue weighted by molar-refractivity contribution is 0.408. The van der Waals surface area contributed by atoms with Crippen LogP contribution in [-0.4, -0.2) is 13.7 Å². The van der Waals surface area contributed by atoms with E-state index in [0.29, 0.717) is 6.54 Å². The van der Waals surface area contributed by atoms with Gasteiger partial charge in [-0.2, -0.15) is 0 Å². The molecule has 0 aromatic heterocycles. The normalized spacial score (nSPS) is 10.2. The molecule has 0 heterocycles. The van der Waals surface area contributed by atoms with Gasteiger partial charge < -0.3 is 10.5 Å². The van der Waals surface area contributed by atoms with Crippen LogP contribution in [0.1, 0.15) is 5.56 Å². The summed E-state index contributed by atoms with van der Waals surface area (Å²) in [4.78, 5) is 0. The molecule has 0 saturated heterocycles. The van der Waals surface area contributed by atoms with Crippen LogP contribution in [0.2, 0.25) is 0 Å². The Labute approximate surface area is 106 Å². The number of nitrogens with two attached hydrogens (primary N) is 1. The molecule has 0 aliphatic heterocycles. The van der Waals surface area contributed by atoms with Crippen LogP contribution in [0.3, 0.4) is 0 Å². The standard InChI is InChI=1S/C9H11I2NO/c1-13-9-7(10)4-6(2-3-12)5-8(9)11/h4-5H,2-3,12H2,1H3. The Morgan fingerprint density at radius 1 is 1.31 bits per heavy atom. The van der Waals surface area contributed by atoms with Crippen molar-refractivity contribution in [2.45, 2.75) is 6.42 Å². The van der Waals surface area contributed by atoms with Crippen molar-refractivity contribution in [3.63, 3.8) is 0 Å². The molecule has 2 N–H and O–H groups in total. The van der Waals surface area contributed by atoms with Crippen LogP contribution in [0, 0.1) is 7.14 Å². The summed E-state index contributed by atoms with van der Waals surface area (Å²) in [5.74, 6) is 0.960. The lowest BCUT2D eigenvalue weighted by Crippen LogP contribution is -2.03. The zero-order valence-corrected chi connectivity index (χ0v) is 11.6. The first-order chi connectivity index (χ1) is 6.19. The maximum atomic E-state index is 5.50. The van der Waals surface area contributed by atoms with E-state index in [-0.39, 0.29) is 0 Å². The number of hydrogen-bond donors (Lipinski definition) is 1. The van der Waals surface area contributed by atoms with Crippen molar-refractivity contribution >= 4 is 45.2 Å². The summed E-state index contributed by atoms with van der Waals surface area (Å²) < 4.78 is 7.56. The smallest absolute Gasteiger partial charge is 0.145 e. The van der Waals surface area contributed by atoms with Crippen LogP contribution in [-0.2, 0) is 6.42 Å². The van der Waals surface area contributed by atoms with Gasteiger partial charge in [-0.1, -0.05) is 0 Å². The lowest BCUT2D eigenvalue weighted by atomic mass is 10.1. The van der Waals surface area contributed by atoms with E-state index in [1.807, 2.05) is 0 Å². The molecular weight excluding hydrogens is 392 g/mol. The molecule has 0 fully saturated rings. The summed E-state index contributed by atoms with van der Waals surface area (Å²) in [6.45, 7) is 0.693. The Morgan fingerprint density at radius 3 is 2.23 bits per heavy atom. The number of halogens is 2. The summed E-state index contributed by atoms with van der Waals surface area (Å²) in [6, 6.07) is 4.24. The monoisotopic (exact) mass is 403 g/mol. The first kappa shape index (κ1) is 11.5. The van der Waals surface area contributed by atoms with Crippen molar-refractivity contribution in [1.29, 1.82) is 0 Å². The predicted octanol–water partition coefficient (Wildman–Crippen LogP) is 2.41. The second kappa shape index (κ2) is 5.35. The fourth-order valence-corrected chi connectivity index (χ4v) is 3.46. The zero-order valence-electron chi connectivity index (χ0n) is 7.31. The Bertz CT molecular complexity index is 279. The second-order valence-corrected chi connectivity index (χ2v) is 4.96. The van der Waals surface area contributed by atoms with Crippen LogP contribution in [0.4, 0.5) is 0 Å². The average molecular weight is 403 g/mol. The summed E-state index contributed by atoms with van der Waals surface area (Å²) in [6.07, 6.45) is 0.927. The van der Waals surface area contributed by atoms with Crippen molar-refractivity contribution < 1.29 is 4.74 Å². The molecule has 1 aromatic carbocycles. The molecule has 13 heavy (non-hydrogen) atoms. The van der Waals surface area contributed by atoms with E-state index < -0.39 is 0 Å². The van der Waals surface area contributed by atoms with Gasteiger partial charge in [0.1, 0.15) is 5.75 Å². The molecule has 0 saturated carbocycles. The first-order valence-electron chi connectivity index (χ1n) is 3.91. The highest BCUT2D eigenvalue weighted by Crippen LogP contribution is 2.28. The van der Waals surface area contributed by atoms with Crippen molar-refractivity contribution in [1.82, 2.24) is 0 Å². The minimum absolute atomic E-state index is 0.693. The predicted molar refractivity (Wildman–Crippen MR) is 71.2 cm³/mol. The fourth-order valence-electron chi connectivity index (χ4n) is 1.12. The van der Waals surface area contributed by atoms with Gasteiger partial charge in [0.15, 0.2) is 0 Å². The highest BCUT2D eigenvalue weighted by molar-refractivity contribution is 14.1. The van der Waals surface area contributed by atoms with E-state index in [9.17, 15) is 0 Å². The van der Waals surface area contributed by atoms with Crippen LogP contribution >= 0.6 is 45.2 Å². The molecule has 0 aliphatic rings. The lowest BCUT2D eigenvalue weighted by Gasteiger charge is -2.08. The summed E-state index contributed by atoms with van der Waals surface area (Å²) in [5, 5.41) is 0. The highest BCUT2D eigenvalue weighted by atomic mass is 127. The number of rotatable bonds is 3. The van der Waals surface area contributed by atoms with Gasteiger partial charge in [0.2, 0.25) is 0 Å². The number of benzene rings is 1. The van der Waals surface area contributed by atoms with Gasteiger partial charge in [0, 0.05) is 0 Å². The molecule has 0 aliphatic carbocycles. The summed E-state index contributed by atoms with van der Waals surface area (Å²) >= 11 is 4.56. The Balaban J connectivity index is 3.05. The van der Waals surface area contributed by atoms with Crippen molar-refractivity contribution in [3.8, 4) is 5.75 Å². The molecule has 72 valence electrons. The fraction of sp³-hybridized carbons (Fsp3) is 0.333. The van der Waals surface area contributed by atoms with Gasteiger partial charge in [-0.3, -0.25) is 0 Å². The van der Waals surface area contributed by atoms with E-state index in [2.05, 4.69) is 57.3 Å². The quantitative estimate of drug-likeness (QED) is 0.788. The highest BCUT2D eigenvalue weighted by Gasteiger charge is 2.06. The Kier molecular flexibility index (Phi) is 4.74. The minimum Gasteiger partial charge on any atom is -0.495 e. The van der Waals surface area contributed by atoms with Gasteiger partial charge in [-0.15, -0.1) is 0 Å². The summed E-state index contributed by atoms with van der Waals surface area (Å²) in [7, 11) is 1.70. The largest absolute Gasteiger partial charge is 0.495 e.